The molecule has 1 aromatic heterocycles. The van der Waals surface area contributed by atoms with Crippen LogP contribution in [0.3, 0.4) is 0 Å². The zero-order valence-electron chi connectivity index (χ0n) is 11.2. The second-order valence-corrected chi connectivity index (χ2v) is 5.57. The summed E-state index contributed by atoms with van der Waals surface area (Å²) in [6.45, 7) is 2.13. The highest BCUT2D eigenvalue weighted by atomic mass is 35.5. The van der Waals surface area contributed by atoms with E-state index < -0.39 is 0 Å². The first-order valence-corrected chi connectivity index (χ1v) is 7.52. The maximum Gasteiger partial charge on any atom is 0.133 e. The Hall–Kier alpha value is -0.540. The summed E-state index contributed by atoms with van der Waals surface area (Å²) in [7, 11) is 0. The van der Waals surface area contributed by atoms with Gasteiger partial charge in [-0.05, 0) is 19.3 Å². The van der Waals surface area contributed by atoms with Crippen LogP contribution in [0.2, 0.25) is 5.15 Å². The van der Waals surface area contributed by atoms with Crippen LogP contribution in [-0.4, -0.2) is 14.9 Å². The Balaban J connectivity index is 2.25. The van der Waals surface area contributed by atoms with E-state index in [4.69, 9.17) is 11.6 Å². The van der Waals surface area contributed by atoms with Gasteiger partial charge in [0.25, 0.3) is 0 Å². The molecule has 0 spiro atoms. The van der Waals surface area contributed by atoms with E-state index in [-0.39, 0.29) is 6.61 Å². The fourth-order valence-electron chi connectivity index (χ4n) is 2.83. The molecule has 18 heavy (non-hydrogen) atoms. The van der Waals surface area contributed by atoms with Gasteiger partial charge < -0.3 is 5.11 Å². The number of aryl methyl sites for hydroxylation is 1. The number of rotatable bonds is 4. The van der Waals surface area contributed by atoms with Crippen LogP contribution in [0.5, 0.6) is 0 Å². The Morgan fingerprint density at radius 3 is 2.50 bits per heavy atom. The molecule has 1 fully saturated rings. The summed E-state index contributed by atoms with van der Waals surface area (Å²) in [6.07, 6.45) is 9.43. The van der Waals surface area contributed by atoms with Crippen molar-refractivity contribution in [2.24, 2.45) is 0 Å². The molecule has 102 valence electrons. The minimum absolute atomic E-state index is 0.000880. The number of hydrogen-bond donors (Lipinski definition) is 1. The van der Waals surface area contributed by atoms with Gasteiger partial charge in [-0.2, -0.15) is 5.10 Å². The van der Waals surface area contributed by atoms with Crippen molar-refractivity contribution in [3.63, 3.8) is 0 Å². The molecule has 1 aromatic rings. The van der Waals surface area contributed by atoms with Crippen molar-refractivity contribution in [3.05, 3.63) is 16.4 Å². The Morgan fingerprint density at radius 1 is 1.28 bits per heavy atom. The molecule has 0 radical (unpaired) electrons. The van der Waals surface area contributed by atoms with E-state index in [1.54, 1.807) is 0 Å². The van der Waals surface area contributed by atoms with E-state index >= 15 is 0 Å². The van der Waals surface area contributed by atoms with Crippen molar-refractivity contribution < 1.29 is 5.11 Å². The first kappa shape index (κ1) is 13.9. The van der Waals surface area contributed by atoms with Gasteiger partial charge in [-0.25, -0.2) is 0 Å². The maximum atomic E-state index is 9.46. The monoisotopic (exact) mass is 270 g/mol. The van der Waals surface area contributed by atoms with Crippen molar-refractivity contribution in [2.75, 3.05) is 0 Å². The first-order valence-electron chi connectivity index (χ1n) is 7.14. The summed E-state index contributed by atoms with van der Waals surface area (Å²) in [5.74, 6) is 0. The molecule has 4 heteroatoms. The molecule has 1 aliphatic rings. The summed E-state index contributed by atoms with van der Waals surface area (Å²) in [4.78, 5) is 0. The molecule has 2 rings (SSSR count). The number of nitrogens with zero attached hydrogens (tertiary/aromatic N) is 2. The van der Waals surface area contributed by atoms with Gasteiger partial charge in [0, 0.05) is 5.56 Å². The standard InChI is InChI=1S/C14H23ClN2O/c1-2-7-13-12(10-18)14(15)17(16-13)11-8-5-3-4-6-9-11/h11,18H,2-10H2,1H3. The van der Waals surface area contributed by atoms with E-state index in [1.807, 2.05) is 4.68 Å². The molecule has 0 bridgehead atoms. The quantitative estimate of drug-likeness (QED) is 0.844. The summed E-state index contributed by atoms with van der Waals surface area (Å²) in [6, 6.07) is 0.427. The first-order chi connectivity index (χ1) is 8.77. The van der Waals surface area contributed by atoms with Crippen molar-refractivity contribution in [2.45, 2.75) is 70.9 Å². The molecule has 1 aliphatic carbocycles. The third-order valence-electron chi connectivity index (χ3n) is 3.84. The molecular weight excluding hydrogens is 248 g/mol. The largest absolute Gasteiger partial charge is 0.391 e. The molecule has 0 aliphatic heterocycles. The van der Waals surface area contributed by atoms with Crippen LogP contribution < -0.4 is 0 Å². The summed E-state index contributed by atoms with van der Waals surface area (Å²) in [5, 5.41) is 14.8. The second kappa shape index (κ2) is 6.58. The minimum atomic E-state index is 0.000880. The van der Waals surface area contributed by atoms with E-state index in [9.17, 15) is 5.11 Å². The van der Waals surface area contributed by atoms with Crippen molar-refractivity contribution in [1.82, 2.24) is 9.78 Å². The van der Waals surface area contributed by atoms with E-state index in [1.165, 1.54) is 25.7 Å². The van der Waals surface area contributed by atoms with Gasteiger partial charge in [0.1, 0.15) is 5.15 Å². The average Bonchev–Trinajstić information content (AvgIpc) is 2.58. The lowest BCUT2D eigenvalue weighted by molar-refractivity contribution is 0.280. The third kappa shape index (κ3) is 2.89. The van der Waals surface area contributed by atoms with Gasteiger partial charge in [-0.3, -0.25) is 4.68 Å². The van der Waals surface area contributed by atoms with Crippen LogP contribution in [-0.2, 0) is 13.0 Å². The number of aliphatic hydroxyl groups excluding tert-OH is 1. The fourth-order valence-corrected chi connectivity index (χ4v) is 3.17. The molecule has 0 aromatic carbocycles. The van der Waals surface area contributed by atoms with Gasteiger partial charge in [0.15, 0.2) is 0 Å². The minimum Gasteiger partial charge on any atom is -0.391 e. The lowest BCUT2D eigenvalue weighted by Gasteiger charge is -2.15. The predicted molar refractivity (Wildman–Crippen MR) is 73.9 cm³/mol. The lowest BCUT2D eigenvalue weighted by atomic mass is 10.1. The average molecular weight is 271 g/mol. The maximum absolute atomic E-state index is 9.46. The number of aliphatic hydroxyl groups is 1. The predicted octanol–water partition coefficient (Wildman–Crippen LogP) is 3.88. The number of aromatic nitrogens is 2. The van der Waals surface area contributed by atoms with Gasteiger partial charge in [-0.15, -0.1) is 0 Å². The Labute approximate surface area is 114 Å². The number of halogens is 1. The Bertz CT molecular complexity index is 381. The van der Waals surface area contributed by atoms with Crippen molar-refractivity contribution in [3.8, 4) is 0 Å². The molecular formula is C14H23ClN2O. The second-order valence-electron chi connectivity index (χ2n) is 5.21. The summed E-state index contributed by atoms with van der Waals surface area (Å²) >= 11 is 6.39. The molecule has 1 heterocycles. The van der Waals surface area contributed by atoms with Crippen LogP contribution in [0.4, 0.5) is 0 Å². The number of hydrogen-bond acceptors (Lipinski definition) is 2. The van der Waals surface area contributed by atoms with E-state index in [2.05, 4.69) is 12.0 Å². The highest BCUT2D eigenvalue weighted by Crippen LogP contribution is 2.32. The topological polar surface area (TPSA) is 38.0 Å². The van der Waals surface area contributed by atoms with Gasteiger partial charge in [0.05, 0.1) is 18.3 Å². The molecule has 1 N–H and O–H groups in total. The van der Waals surface area contributed by atoms with Gasteiger partial charge in [-0.1, -0.05) is 50.6 Å². The Morgan fingerprint density at radius 2 is 1.94 bits per heavy atom. The van der Waals surface area contributed by atoms with Crippen LogP contribution >= 0.6 is 11.6 Å². The van der Waals surface area contributed by atoms with Crippen LogP contribution in [0.1, 0.15) is 69.2 Å². The van der Waals surface area contributed by atoms with Crippen molar-refractivity contribution in [1.29, 1.82) is 0 Å². The molecule has 1 saturated carbocycles. The SMILES string of the molecule is CCCc1nn(C2CCCCCC2)c(Cl)c1CO. The van der Waals surface area contributed by atoms with Gasteiger partial charge >= 0.3 is 0 Å². The Kier molecular flexibility index (Phi) is 5.07. The highest BCUT2D eigenvalue weighted by molar-refractivity contribution is 6.30. The molecule has 0 saturated heterocycles. The summed E-state index contributed by atoms with van der Waals surface area (Å²) in [5.41, 5.74) is 1.82. The van der Waals surface area contributed by atoms with Crippen LogP contribution in [0.15, 0.2) is 0 Å². The third-order valence-corrected chi connectivity index (χ3v) is 4.24. The molecule has 0 unspecified atom stereocenters. The van der Waals surface area contributed by atoms with Crippen molar-refractivity contribution >= 4 is 11.6 Å². The van der Waals surface area contributed by atoms with E-state index in [0.29, 0.717) is 11.2 Å². The highest BCUT2D eigenvalue weighted by Gasteiger charge is 2.22. The van der Waals surface area contributed by atoms with Crippen LogP contribution in [0.25, 0.3) is 0 Å². The molecule has 3 nitrogen and oxygen atoms in total. The normalized spacial score (nSPS) is 17.9. The zero-order chi connectivity index (χ0) is 13.0. The summed E-state index contributed by atoms with van der Waals surface area (Å²) < 4.78 is 1.98. The van der Waals surface area contributed by atoms with Crippen LogP contribution in [0, 0.1) is 0 Å². The smallest absolute Gasteiger partial charge is 0.133 e. The molecule has 0 amide bonds. The lowest BCUT2D eigenvalue weighted by Crippen LogP contribution is -2.10. The fraction of sp³-hybridized carbons (Fsp3) is 0.786. The zero-order valence-corrected chi connectivity index (χ0v) is 11.9. The van der Waals surface area contributed by atoms with E-state index in [0.717, 1.165) is 36.9 Å². The van der Waals surface area contributed by atoms with Gasteiger partial charge in [0.2, 0.25) is 0 Å². The molecule has 0 atom stereocenters.